The minimum atomic E-state index is -4.27. The van der Waals surface area contributed by atoms with Crippen molar-refractivity contribution in [1.82, 2.24) is 10.2 Å². The molecule has 0 unspecified atom stereocenters. The lowest BCUT2D eigenvalue weighted by Gasteiger charge is -2.11. The van der Waals surface area contributed by atoms with Gasteiger partial charge in [0.1, 0.15) is 5.25 Å². The number of aromatic nitrogens is 2. The Morgan fingerprint density at radius 1 is 1.15 bits per heavy atom. The summed E-state index contributed by atoms with van der Waals surface area (Å²) in [5.41, 5.74) is 1.11. The molecule has 108 valence electrons. The van der Waals surface area contributed by atoms with Crippen LogP contribution in [0.1, 0.15) is 18.4 Å². The molecule has 2 rings (SSSR count). The zero-order valence-corrected chi connectivity index (χ0v) is 11.5. The van der Waals surface area contributed by atoms with E-state index in [1.807, 2.05) is 30.3 Å². The summed E-state index contributed by atoms with van der Waals surface area (Å²) in [6.45, 7) is 1.07. The number of rotatable bonds is 5. The van der Waals surface area contributed by atoms with E-state index in [1.54, 1.807) is 0 Å². The first-order valence-electron chi connectivity index (χ1n) is 6.05. The smallest absolute Gasteiger partial charge is 0.400 e. The van der Waals surface area contributed by atoms with E-state index in [-0.39, 0.29) is 5.22 Å². The van der Waals surface area contributed by atoms with Crippen LogP contribution in [0.25, 0.3) is 0 Å². The van der Waals surface area contributed by atoms with Crippen LogP contribution in [0, 0.1) is 0 Å². The quantitative estimate of drug-likeness (QED) is 0.785. The highest BCUT2D eigenvalue weighted by Crippen LogP contribution is 2.34. The van der Waals surface area contributed by atoms with E-state index >= 15 is 0 Å². The fourth-order valence-electron chi connectivity index (χ4n) is 1.50. The van der Waals surface area contributed by atoms with Gasteiger partial charge < -0.3 is 4.42 Å². The monoisotopic (exact) mass is 302 g/mol. The maximum atomic E-state index is 12.4. The zero-order valence-electron chi connectivity index (χ0n) is 10.7. The lowest BCUT2D eigenvalue weighted by atomic mass is 10.1. The van der Waals surface area contributed by atoms with Crippen molar-refractivity contribution < 1.29 is 17.6 Å². The lowest BCUT2D eigenvalue weighted by Crippen LogP contribution is -2.21. The number of benzene rings is 1. The maximum Gasteiger partial charge on any atom is 0.400 e. The van der Waals surface area contributed by atoms with Gasteiger partial charge in [-0.1, -0.05) is 42.1 Å². The van der Waals surface area contributed by atoms with Gasteiger partial charge in [-0.2, -0.15) is 13.2 Å². The maximum absolute atomic E-state index is 12.4. The second-order valence-corrected chi connectivity index (χ2v) is 5.54. The molecule has 1 aromatic carbocycles. The molecule has 0 aliphatic carbocycles. The first kappa shape index (κ1) is 14.9. The Labute approximate surface area is 118 Å². The largest absolute Gasteiger partial charge is 0.416 e. The van der Waals surface area contributed by atoms with Crippen molar-refractivity contribution >= 4 is 11.8 Å². The number of aryl methyl sites for hydroxylation is 2. The summed E-state index contributed by atoms with van der Waals surface area (Å²) in [6.07, 6.45) is -3.05. The van der Waals surface area contributed by atoms with Gasteiger partial charge in [0.05, 0.1) is 0 Å². The fraction of sp³-hybridized carbons (Fsp3) is 0.385. The normalized spacial score (nSPS) is 13.4. The van der Waals surface area contributed by atoms with Crippen molar-refractivity contribution in [2.45, 2.75) is 36.4 Å². The van der Waals surface area contributed by atoms with Gasteiger partial charge in [0, 0.05) is 6.42 Å². The summed E-state index contributed by atoms with van der Waals surface area (Å²) in [6, 6.07) is 9.71. The van der Waals surface area contributed by atoms with Crippen LogP contribution in [0.4, 0.5) is 13.2 Å². The number of halogens is 3. The molecule has 1 atom stereocenters. The Hall–Kier alpha value is -1.50. The molecule has 0 fully saturated rings. The van der Waals surface area contributed by atoms with Crippen molar-refractivity contribution in [2.24, 2.45) is 0 Å². The number of hydrogen-bond donors (Lipinski definition) is 0. The van der Waals surface area contributed by atoms with Gasteiger partial charge in [0.2, 0.25) is 5.89 Å². The van der Waals surface area contributed by atoms with E-state index in [4.69, 9.17) is 4.42 Å². The second-order valence-electron chi connectivity index (χ2n) is 4.25. The van der Waals surface area contributed by atoms with Crippen LogP contribution in [0.2, 0.25) is 0 Å². The molecule has 0 saturated carbocycles. The van der Waals surface area contributed by atoms with Gasteiger partial charge in [0.15, 0.2) is 0 Å². The summed E-state index contributed by atoms with van der Waals surface area (Å²) < 4.78 is 42.4. The first-order valence-corrected chi connectivity index (χ1v) is 6.93. The summed E-state index contributed by atoms with van der Waals surface area (Å²) >= 11 is 0.528. The van der Waals surface area contributed by atoms with Crippen LogP contribution < -0.4 is 0 Å². The molecular formula is C13H13F3N2OS. The highest BCUT2D eigenvalue weighted by molar-refractivity contribution is 7.99. The van der Waals surface area contributed by atoms with Gasteiger partial charge in [-0.25, -0.2) is 0 Å². The van der Waals surface area contributed by atoms with E-state index in [2.05, 4.69) is 10.2 Å². The van der Waals surface area contributed by atoms with E-state index < -0.39 is 11.4 Å². The van der Waals surface area contributed by atoms with Crippen LogP contribution in [0.15, 0.2) is 40.0 Å². The lowest BCUT2D eigenvalue weighted by molar-refractivity contribution is -0.125. The average Bonchev–Trinajstić information content (AvgIpc) is 2.84. The molecule has 2 aromatic rings. The van der Waals surface area contributed by atoms with Gasteiger partial charge >= 0.3 is 6.18 Å². The molecule has 0 aliphatic heterocycles. The summed E-state index contributed by atoms with van der Waals surface area (Å²) in [5, 5.41) is 5.78. The van der Waals surface area contributed by atoms with Gasteiger partial charge in [0.25, 0.3) is 5.22 Å². The van der Waals surface area contributed by atoms with Crippen molar-refractivity contribution in [2.75, 3.05) is 0 Å². The van der Waals surface area contributed by atoms with E-state index in [0.29, 0.717) is 30.5 Å². The minimum absolute atomic E-state index is 0.0436. The molecule has 7 heteroatoms. The molecule has 0 saturated heterocycles. The van der Waals surface area contributed by atoms with Crippen LogP contribution >= 0.6 is 11.8 Å². The van der Waals surface area contributed by atoms with Gasteiger partial charge in [-0.05, 0) is 18.9 Å². The summed E-state index contributed by atoms with van der Waals surface area (Å²) in [4.78, 5) is 0. The summed E-state index contributed by atoms with van der Waals surface area (Å²) in [7, 11) is 0. The van der Waals surface area contributed by atoms with Crippen LogP contribution in [0.3, 0.4) is 0 Å². The number of alkyl halides is 3. The molecule has 20 heavy (non-hydrogen) atoms. The van der Waals surface area contributed by atoms with Crippen molar-refractivity contribution in [1.29, 1.82) is 0 Å². The van der Waals surface area contributed by atoms with Gasteiger partial charge in [-0.15, -0.1) is 10.2 Å². The van der Waals surface area contributed by atoms with E-state index in [0.717, 1.165) is 12.5 Å². The third kappa shape index (κ3) is 4.26. The van der Waals surface area contributed by atoms with Crippen molar-refractivity contribution in [3.8, 4) is 0 Å². The molecule has 0 aliphatic rings. The SMILES string of the molecule is C[C@H](Sc1nnc(CCc2ccccc2)o1)C(F)(F)F. The average molecular weight is 302 g/mol. The van der Waals surface area contributed by atoms with Crippen molar-refractivity contribution in [3.63, 3.8) is 0 Å². The Morgan fingerprint density at radius 2 is 1.85 bits per heavy atom. The molecule has 1 aromatic heterocycles. The van der Waals surface area contributed by atoms with Gasteiger partial charge in [-0.3, -0.25) is 0 Å². The fourth-order valence-corrected chi connectivity index (χ4v) is 2.17. The third-order valence-corrected chi connectivity index (χ3v) is 3.64. The first-order chi connectivity index (χ1) is 9.45. The molecule has 0 radical (unpaired) electrons. The molecule has 0 amide bonds. The molecular weight excluding hydrogens is 289 g/mol. The topological polar surface area (TPSA) is 38.9 Å². The Balaban J connectivity index is 1.89. The highest BCUT2D eigenvalue weighted by Gasteiger charge is 2.37. The Bertz CT molecular complexity index is 542. The Kier molecular flexibility index (Phi) is 4.69. The summed E-state index contributed by atoms with van der Waals surface area (Å²) in [5.74, 6) is 0.353. The third-order valence-electron chi connectivity index (χ3n) is 2.66. The molecule has 0 spiro atoms. The minimum Gasteiger partial charge on any atom is -0.416 e. The molecule has 3 nitrogen and oxygen atoms in total. The van der Waals surface area contributed by atoms with Crippen molar-refractivity contribution in [3.05, 3.63) is 41.8 Å². The number of nitrogens with zero attached hydrogens (tertiary/aromatic N) is 2. The predicted octanol–water partition coefficient (Wildman–Crippen LogP) is 3.90. The number of thioether (sulfide) groups is 1. The second kappa shape index (κ2) is 6.30. The zero-order chi connectivity index (χ0) is 14.6. The predicted molar refractivity (Wildman–Crippen MR) is 69.5 cm³/mol. The highest BCUT2D eigenvalue weighted by atomic mass is 32.2. The Morgan fingerprint density at radius 3 is 2.50 bits per heavy atom. The molecule has 1 heterocycles. The van der Waals surface area contributed by atoms with E-state index in [9.17, 15) is 13.2 Å². The molecule has 0 bridgehead atoms. The van der Waals surface area contributed by atoms with E-state index in [1.165, 1.54) is 0 Å². The van der Waals surface area contributed by atoms with Crippen LogP contribution in [0.5, 0.6) is 0 Å². The number of hydrogen-bond acceptors (Lipinski definition) is 4. The standard InChI is InChI=1S/C13H13F3N2OS/c1-9(13(14,15)16)20-12-18-17-11(19-12)8-7-10-5-3-2-4-6-10/h2-6,9H,7-8H2,1H3/t9-/m0/s1. The van der Waals surface area contributed by atoms with Crippen LogP contribution in [-0.4, -0.2) is 21.6 Å². The molecule has 0 N–H and O–H groups in total. The van der Waals surface area contributed by atoms with Crippen LogP contribution in [-0.2, 0) is 12.8 Å².